The zero-order chi connectivity index (χ0) is 23.3. The van der Waals surface area contributed by atoms with E-state index in [1.807, 2.05) is 66.6 Å². The monoisotopic (exact) mass is 460 g/mol. The van der Waals surface area contributed by atoms with E-state index >= 15 is 0 Å². The number of aromatic nitrogens is 3. The number of aryl methyl sites for hydroxylation is 3. The lowest BCUT2D eigenvalue weighted by Crippen LogP contribution is -2.31. The van der Waals surface area contributed by atoms with Crippen molar-refractivity contribution >= 4 is 34.2 Å². The average molecular weight is 461 g/mol. The first kappa shape index (κ1) is 21.5. The van der Waals surface area contributed by atoms with Crippen molar-refractivity contribution in [3.8, 4) is 5.69 Å². The Morgan fingerprint density at radius 3 is 2.70 bits per heavy atom. The van der Waals surface area contributed by atoms with Gasteiger partial charge in [0.2, 0.25) is 5.91 Å². The van der Waals surface area contributed by atoms with Crippen LogP contribution in [0.5, 0.6) is 0 Å². The van der Waals surface area contributed by atoms with Crippen LogP contribution in [0.2, 0.25) is 5.02 Å². The molecule has 2 aromatic carbocycles. The molecule has 0 unspecified atom stereocenters. The van der Waals surface area contributed by atoms with Gasteiger partial charge in [0.05, 0.1) is 17.4 Å². The Hall–Kier alpha value is -3.38. The van der Waals surface area contributed by atoms with Crippen LogP contribution in [0.25, 0.3) is 16.7 Å². The average Bonchev–Trinajstić information content (AvgIpc) is 3.34. The van der Waals surface area contributed by atoms with E-state index in [0.717, 1.165) is 34.6 Å². The van der Waals surface area contributed by atoms with E-state index in [9.17, 15) is 9.59 Å². The molecule has 1 aliphatic rings. The first-order chi connectivity index (χ1) is 15.9. The van der Waals surface area contributed by atoms with Crippen LogP contribution in [0.3, 0.4) is 0 Å². The van der Waals surface area contributed by atoms with Crippen LogP contribution in [0, 0.1) is 20.8 Å². The summed E-state index contributed by atoms with van der Waals surface area (Å²) >= 11 is 6.25. The fourth-order valence-electron chi connectivity index (χ4n) is 4.71. The molecule has 0 radical (unpaired) electrons. The minimum atomic E-state index is -0.131. The van der Waals surface area contributed by atoms with E-state index in [-0.39, 0.29) is 17.9 Å². The van der Waals surface area contributed by atoms with Crippen LogP contribution >= 0.6 is 11.6 Å². The van der Waals surface area contributed by atoms with Crippen LogP contribution < -0.4 is 10.5 Å². The van der Waals surface area contributed by atoms with E-state index in [2.05, 4.69) is 11.1 Å². The Morgan fingerprint density at radius 1 is 1.09 bits per heavy atom. The number of hydrogen-bond donors (Lipinski definition) is 0. The van der Waals surface area contributed by atoms with Gasteiger partial charge in [0.25, 0.3) is 5.56 Å². The quantitative estimate of drug-likeness (QED) is 0.441. The Morgan fingerprint density at radius 2 is 1.88 bits per heavy atom. The number of para-hydroxylation sites is 1. The maximum atomic E-state index is 13.4. The molecule has 4 aromatic rings. The Labute approximate surface area is 197 Å². The highest BCUT2D eigenvalue weighted by molar-refractivity contribution is 6.30. The predicted octanol–water partition coefficient (Wildman–Crippen LogP) is 4.75. The molecule has 1 aliphatic heterocycles. The lowest BCUT2D eigenvalue weighted by Gasteiger charge is -2.17. The zero-order valence-electron chi connectivity index (χ0n) is 18.9. The normalized spacial score (nSPS) is 13.0. The van der Waals surface area contributed by atoms with Crippen molar-refractivity contribution in [3.63, 3.8) is 0 Å². The summed E-state index contributed by atoms with van der Waals surface area (Å²) in [6.07, 6.45) is 2.66. The number of carbonyl (C=O) groups excluding carboxylic acids is 1. The second-order valence-electron chi connectivity index (χ2n) is 8.59. The number of amides is 1. The Kier molecular flexibility index (Phi) is 5.33. The molecule has 0 fully saturated rings. The van der Waals surface area contributed by atoms with E-state index in [0.29, 0.717) is 29.1 Å². The van der Waals surface area contributed by atoms with Crippen molar-refractivity contribution in [2.24, 2.45) is 0 Å². The van der Waals surface area contributed by atoms with Gasteiger partial charge < -0.3 is 4.90 Å². The van der Waals surface area contributed by atoms with Crippen molar-refractivity contribution < 1.29 is 4.79 Å². The number of fused-ring (bicyclic) bond motifs is 2. The molecule has 0 atom stereocenters. The molecule has 0 aliphatic carbocycles. The number of carbonyl (C=O) groups is 1. The number of benzene rings is 2. The molecule has 0 saturated carbocycles. The minimum absolute atomic E-state index is 0.0203. The van der Waals surface area contributed by atoms with E-state index in [1.165, 1.54) is 5.56 Å². The van der Waals surface area contributed by atoms with Crippen molar-refractivity contribution in [3.05, 3.63) is 86.6 Å². The number of anilines is 1. The third-order valence-electron chi connectivity index (χ3n) is 6.65. The lowest BCUT2D eigenvalue weighted by molar-refractivity contribution is -0.118. The number of nitrogens with zero attached hydrogens (tertiary/aromatic N) is 4. The van der Waals surface area contributed by atoms with Gasteiger partial charge in [-0.05, 0) is 62.1 Å². The SMILES string of the molecule is Cc1ccc(Cl)cc1-n1c(C)c(C)c2c(=O)n(CCC(=O)N3CCc4ccccc43)cnc21. The molecule has 168 valence electrons. The summed E-state index contributed by atoms with van der Waals surface area (Å²) in [4.78, 5) is 32.8. The summed E-state index contributed by atoms with van der Waals surface area (Å²) in [5.74, 6) is 0.0203. The van der Waals surface area contributed by atoms with Crippen LogP contribution in [-0.2, 0) is 17.8 Å². The Bertz CT molecular complexity index is 1470. The fourth-order valence-corrected chi connectivity index (χ4v) is 4.88. The van der Waals surface area contributed by atoms with Crippen LogP contribution in [0.15, 0.2) is 53.6 Å². The molecule has 3 heterocycles. The molecule has 0 N–H and O–H groups in total. The van der Waals surface area contributed by atoms with Crippen LogP contribution in [-0.4, -0.2) is 26.6 Å². The van der Waals surface area contributed by atoms with Gasteiger partial charge in [-0.3, -0.25) is 18.7 Å². The summed E-state index contributed by atoms with van der Waals surface area (Å²) in [6, 6.07) is 13.7. The third-order valence-corrected chi connectivity index (χ3v) is 6.88. The minimum Gasteiger partial charge on any atom is -0.312 e. The summed E-state index contributed by atoms with van der Waals surface area (Å²) in [7, 11) is 0. The highest BCUT2D eigenvalue weighted by atomic mass is 35.5. The summed E-state index contributed by atoms with van der Waals surface area (Å²) < 4.78 is 3.54. The second-order valence-corrected chi connectivity index (χ2v) is 9.03. The summed E-state index contributed by atoms with van der Waals surface area (Å²) in [5.41, 5.74) is 6.43. The Balaban J connectivity index is 1.47. The molecular formula is C26H25ClN4O2. The molecule has 0 spiro atoms. The number of rotatable bonds is 4. The van der Waals surface area contributed by atoms with Gasteiger partial charge in [-0.2, -0.15) is 0 Å². The molecule has 0 saturated heterocycles. The van der Waals surface area contributed by atoms with E-state index < -0.39 is 0 Å². The smallest absolute Gasteiger partial charge is 0.263 e. The van der Waals surface area contributed by atoms with Gasteiger partial charge in [-0.1, -0.05) is 35.9 Å². The van der Waals surface area contributed by atoms with Crippen LogP contribution in [0.1, 0.15) is 28.8 Å². The van der Waals surface area contributed by atoms with Crippen molar-refractivity contribution in [2.45, 2.75) is 40.2 Å². The molecule has 5 rings (SSSR count). The first-order valence-electron chi connectivity index (χ1n) is 11.1. The lowest BCUT2D eigenvalue weighted by atomic mass is 10.2. The maximum Gasteiger partial charge on any atom is 0.263 e. The van der Waals surface area contributed by atoms with Gasteiger partial charge in [-0.25, -0.2) is 4.98 Å². The molecule has 1 amide bonds. The highest BCUT2D eigenvalue weighted by Gasteiger charge is 2.24. The topological polar surface area (TPSA) is 60.1 Å². The van der Waals surface area contributed by atoms with Gasteiger partial charge in [0, 0.05) is 35.9 Å². The maximum absolute atomic E-state index is 13.4. The van der Waals surface area contributed by atoms with E-state index in [1.54, 1.807) is 10.9 Å². The number of hydrogen-bond acceptors (Lipinski definition) is 3. The van der Waals surface area contributed by atoms with Gasteiger partial charge in [0.15, 0.2) is 5.65 Å². The van der Waals surface area contributed by atoms with Gasteiger partial charge >= 0.3 is 0 Å². The van der Waals surface area contributed by atoms with Crippen molar-refractivity contribution in [1.82, 2.24) is 14.1 Å². The summed E-state index contributed by atoms with van der Waals surface area (Å²) in [5, 5.41) is 1.21. The standard InChI is InChI=1S/C26H25ClN4O2/c1-16-8-9-20(27)14-22(16)31-18(3)17(2)24-25(31)28-15-29(26(24)33)12-11-23(32)30-13-10-19-6-4-5-7-21(19)30/h4-9,14-15H,10-13H2,1-3H3. The zero-order valence-corrected chi connectivity index (χ0v) is 19.7. The molecule has 33 heavy (non-hydrogen) atoms. The van der Waals surface area contributed by atoms with E-state index in [4.69, 9.17) is 11.6 Å². The van der Waals surface area contributed by atoms with Gasteiger partial charge in [-0.15, -0.1) is 0 Å². The predicted molar refractivity (Wildman–Crippen MR) is 132 cm³/mol. The highest BCUT2D eigenvalue weighted by Crippen LogP contribution is 2.29. The van der Waals surface area contributed by atoms with Gasteiger partial charge in [0.1, 0.15) is 0 Å². The fraction of sp³-hybridized carbons (Fsp3) is 0.269. The third kappa shape index (κ3) is 3.55. The molecule has 0 bridgehead atoms. The molecule has 6 nitrogen and oxygen atoms in total. The molecule has 2 aromatic heterocycles. The second kappa shape index (κ2) is 8.19. The molecular weight excluding hydrogens is 436 g/mol. The van der Waals surface area contributed by atoms with Crippen LogP contribution in [0.4, 0.5) is 5.69 Å². The number of halogens is 1. The van der Waals surface area contributed by atoms with Crippen molar-refractivity contribution in [1.29, 1.82) is 0 Å². The summed E-state index contributed by atoms with van der Waals surface area (Å²) in [6.45, 7) is 6.91. The largest absolute Gasteiger partial charge is 0.312 e. The molecule has 7 heteroatoms. The van der Waals surface area contributed by atoms with Crippen molar-refractivity contribution in [2.75, 3.05) is 11.4 Å². The first-order valence-corrected chi connectivity index (χ1v) is 11.5.